The van der Waals surface area contributed by atoms with Crippen LogP contribution in [0.1, 0.15) is 25.8 Å². The number of hydrogen-bond acceptors (Lipinski definition) is 8. The summed E-state index contributed by atoms with van der Waals surface area (Å²) in [6, 6.07) is 5.52. The number of nitrogens with one attached hydrogen (secondary N) is 1. The van der Waals surface area contributed by atoms with Crippen LogP contribution in [-0.4, -0.2) is 34.6 Å². The van der Waals surface area contributed by atoms with Crippen LogP contribution in [-0.2, 0) is 9.53 Å². The van der Waals surface area contributed by atoms with Crippen LogP contribution in [0.5, 0.6) is 5.75 Å². The second kappa shape index (κ2) is 8.47. The molecule has 2 amide bonds. The van der Waals surface area contributed by atoms with Crippen LogP contribution in [0.4, 0.5) is 9.18 Å². The number of nitrogens with zero attached hydrogens (tertiary/aromatic N) is 2. The molecule has 0 fully saturated rings. The zero-order valence-corrected chi connectivity index (χ0v) is 14.5. The summed E-state index contributed by atoms with van der Waals surface area (Å²) in [7, 11) is 1.16. The Bertz CT molecular complexity index is 737. The first-order chi connectivity index (χ1) is 11.9. The molecule has 134 valence electrons. The molecular weight excluding hydrogens is 353 g/mol. The van der Waals surface area contributed by atoms with E-state index >= 15 is 0 Å². The van der Waals surface area contributed by atoms with Crippen molar-refractivity contribution < 1.29 is 27.9 Å². The van der Waals surface area contributed by atoms with Crippen LogP contribution < -0.4 is 10.1 Å². The van der Waals surface area contributed by atoms with Crippen LogP contribution in [0.3, 0.4) is 0 Å². The highest BCUT2D eigenvalue weighted by molar-refractivity contribution is 8.00. The molecule has 8 nitrogen and oxygen atoms in total. The summed E-state index contributed by atoms with van der Waals surface area (Å²) in [4.78, 5) is 22.8. The maximum atomic E-state index is 12.9. The molecule has 1 aromatic carbocycles. The van der Waals surface area contributed by atoms with Gasteiger partial charge in [0.1, 0.15) is 11.6 Å². The molecule has 0 saturated carbocycles. The number of carbonyl (C=O) groups is 2. The van der Waals surface area contributed by atoms with Gasteiger partial charge in [0.2, 0.25) is 5.91 Å². The van der Waals surface area contributed by atoms with E-state index in [0.29, 0.717) is 5.75 Å². The van der Waals surface area contributed by atoms with Gasteiger partial charge >= 0.3 is 6.09 Å². The fraction of sp³-hybridized carbons (Fsp3) is 0.333. The van der Waals surface area contributed by atoms with Gasteiger partial charge in [-0.05, 0) is 38.1 Å². The molecule has 0 aliphatic carbocycles. The van der Waals surface area contributed by atoms with Crippen LogP contribution in [0.2, 0.25) is 0 Å². The van der Waals surface area contributed by atoms with Crippen molar-refractivity contribution in [3.05, 3.63) is 36.0 Å². The minimum absolute atomic E-state index is 0.150. The third-order valence-corrected chi connectivity index (χ3v) is 3.89. The Morgan fingerprint density at radius 3 is 2.56 bits per heavy atom. The van der Waals surface area contributed by atoms with Gasteiger partial charge in [0.15, 0.2) is 6.10 Å². The first kappa shape index (κ1) is 18.7. The fourth-order valence-electron chi connectivity index (χ4n) is 1.66. The highest BCUT2D eigenvalue weighted by Gasteiger charge is 2.22. The first-order valence-corrected chi connectivity index (χ1v) is 8.08. The van der Waals surface area contributed by atoms with Gasteiger partial charge in [-0.3, -0.25) is 10.1 Å². The maximum absolute atomic E-state index is 12.9. The van der Waals surface area contributed by atoms with E-state index in [9.17, 15) is 14.0 Å². The third kappa shape index (κ3) is 5.45. The van der Waals surface area contributed by atoms with Gasteiger partial charge in [0, 0.05) is 0 Å². The molecule has 0 radical (unpaired) electrons. The second-order valence-corrected chi connectivity index (χ2v) is 6.15. The van der Waals surface area contributed by atoms with Gasteiger partial charge in [-0.15, -0.1) is 10.2 Å². The van der Waals surface area contributed by atoms with Crippen molar-refractivity contribution in [3.63, 3.8) is 0 Å². The summed E-state index contributed by atoms with van der Waals surface area (Å²) in [6.07, 6.45) is -1.41. The van der Waals surface area contributed by atoms with Crippen molar-refractivity contribution in [1.29, 1.82) is 0 Å². The number of ether oxygens (including phenoxy) is 2. The number of aromatic nitrogens is 2. The molecule has 2 rings (SSSR count). The number of amides is 2. The van der Waals surface area contributed by atoms with Crippen molar-refractivity contribution in [2.24, 2.45) is 0 Å². The topological polar surface area (TPSA) is 104 Å². The lowest BCUT2D eigenvalue weighted by Gasteiger charge is -2.10. The van der Waals surface area contributed by atoms with Gasteiger partial charge in [-0.1, -0.05) is 11.8 Å². The number of rotatable bonds is 6. The molecule has 0 aliphatic heterocycles. The van der Waals surface area contributed by atoms with E-state index in [-0.39, 0.29) is 16.9 Å². The van der Waals surface area contributed by atoms with Crippen LogP contribution >= 0.6 is 11.8 Å². The quantitative estimate of drug-likeness (QED) is 0.775. The predicted octanol–water partition coefficient (Wildman–Crippen LogP) is 2.71. The maximum Gasteiger partial charge on any atom is 0.413 e. The highest BCUT2D eigenvalue weighted by Crippen LogP contribution is 2.26. The summed E-state index contributed by atoms with van der Waals surface area (Å²) in [5.74, 6) is -0.262. The molecule has 0 spiro atoms. The molecule has 2 atom stereocenters. The molecule has 0 unspecified atom stereocenters. The van der Waals surface area contributed by atoms with E-state index in [4.69, 9.17) is 9.15 Å². The summed E-state index contributed by atoms with van der Waals surface area (Å²) < 4.78 is 28.2. The number of benzene rings is 1. The fourth-order valence-corrected chi connectivity index (χ4v) is 2.35. The Balaban J connectivity index is 1.93. The minimum atomic E-state index is -0.843. The van der Waals surface area contributed by atoms with Crippen LogP contribution in [0.15, 0.2) is 33.9 Å². The molecule has 10 heteroatoms. The highest BCUT2D eigenvalue weighted by atomic mass is 32.2. The summed E-state index contributed by atoms with van der Waals surface area (Å²) in [5, 5.41) is 9.23. The zero-order valence-electron chi connectivity index (χ0n) is 13.7. The number of alkyl carbamates (subject to hydrolysis) is 1. The SMILES string of the molecule is COC(=O)NC(=O)[C@@H](C)Sc1nnc([C@H](C)Oc2ccc(F)cc2)o1. The molecule has 0 saturated heterocycles. The van der Waals surface area contributed by atoms with Crippen molar-refractivity contribution >= 4 is 23.8 Å². The molecular formula is C15H16FN3O5S. The van der Waals surface area contributed by atoms with E-state index in [0.717, 1.165) is 18.9 Å². The monoisotopic (exact) mass is 369 g/mol. The smallest absolute Gasteiger partial charge is 0.413 e. The van der Waals surface area contributed by atoms with Crippen molar-refractivity contribution in [3.8, 4) is 5.75 Å². The second-order valence-electron chi connectivity index (χ2n) is 4.86. The number of imide groups is 1. The largest absolute Gasteiger partial charge is 0.481 e. The number of methoxy groups -OCH3 is 1. The Kier molecular flexibility index (Phi) is 6.34. The van der Waals surface area contributed by atoms with E-state index in [1.807, 2.05) is 0 Å². The molecule has 1 N–H and O–H groups in total. The average Bonchev–Trinajstić information content (AvgIpc) is 3.05. The predicted molar refractivity (Wildman–Crippen MR) is 85.6 cm³/mol. The van der Waals surface area contributed by atoms with Gasteiger partial charge in [0.05, 0.1) is 12.4 Å². The summed E-state index contributed by atoms with van der Waals surface area (Å²) in [6.45, 7) is 3.27. The lowest BCUT2D eigenvalue weighted by Crippen LogP contribution is -2.35. The summed E-state index contributed by atoms with van der Waals surface area (Å²) in [5.41, 5.74) is 0. The summed E-state index contributed by atoms with van der Waals surface area (Å²) >= 11 is 0.985. The van der Waals surface area contributed by atoms with Gasteiger partial charge in [-0.25, -0.2) is 9.18 Å². The molecule has 1 heterocycles. The van der Waals surface area contributed by atoms with Crippen LogP contribution in [0, 0.1) is 5.82 Å². The minimum Gasteiger partial charge on any atom is -0.481 e. The zero-order chi connectivity index (χ0) is 18.4. The Morgan fingerprint density at radius 2 is 1.92 bits per heavy atom. The first-order valence-electron chi connectivity index (χ1n) is 7.20. The van der Waals surface area contributed by atoms with Crippen molar-refractivity contribution in [2.45, 2.75) is 30.4 Å². The number of halogens is 1. The lowest BCUT2D eigenvalue weighted by atomic mass is 10.3. The van der Waals surface area contributed by atoms with Crippen molar-refractivity contribution in [2.75, 3.05) is 7.11 Å². The molecule has 25 heavy (non-hydrogen) atoms. The standard InChI is InChI=1S/C15H16FN3O5S/c1-8(23-11-6-4-10(16)5-7-11)13-18-19-15(24-13)25-9(2)12(20)17-14(21)22-3/h4-9H,1-3H3,(H,17,20,21)/t8-,9+/m0/s1. The van der Waals surface area contributed by atoms with E-state index in [2.05, 4.69) is 20.3 Å². The number of carbonyl (C=O) groups excluding carboxylic acids is 2. The molecule has 1 aromatic heterocycles. The number of hydrogen-bond donors (Lipinski definition) is 1. The molecule has 0 aliphatic rings. The Labute approximate surface area is 147 Å². The van der Waals surface area contributed by atoms with Gasteiger partial charge in [0.25, 0.3) is 11.1 Å². The average molecular weight is 369 g/mol. The normalized spacial score (nSPS) is 13.0. The van der Waals surface area contributed by atoms with Crippen molar-refractivity contribution in [1.82, 2.24) is 15.5 Å². The number of thioether (sulfide) groups is 1. The molecule has 0 bridgehead atoms. The van der Waals surface area contributed by atoms with Gasteiger partial charge < -0.3 is 13.9 Å². The van der Waals surface area contributed by atoms with Crippen LogP contribution in [0.25, 0.3) is 0 Å². The van der Waals surface area contributed by atoms with E-state index in [1.165, 1.54) is 24.3 Å². The lowest BCUT2D eigenvalue weighted by molar-refractivity contribution is -0.119. The Hall–Kier alpha value is -2.62. The Morgan fingerprint density at radius 1 is 1.24 bits per heavy atom. The van der Waals surface area contributed by atoms with E-state index < -0.39 is 23.4 Å². The third-order valence-electron chi connectivity index (χ3n) is 2.95. The van der Waals surface area contributed by atoms with Gasteiger partial charge in [-0.2, -0.15) is 0 Å². The molecule has 2 aromatic rings. The van der Waals surface area contributed by atoms with E-state index in [1.54, 1.807) is 13.8 Å².